The van der Waals surface area contributed by atoms with E-state index in [0.717, 1.165) is 5.39 Å². The second-order valence-electron chi connectivity index (χ2n) is 5.12. The number of aliphatic hydroxyl groups excluding tert-OH is 1. The number of amides is 2. The summed E-state index contributed by atoms with van der Waals surface area (Å²) in [5, 5.41) is 10.2. The van der Waals surface area contributed by atoms with Gasteiger partial charge in [-0.05, 0) is 24.3 Å². The maximum atomic E-state index is 12.4. The highest BCUT2D eigenvalue weighted by atomic mass is 35.5. The van der Waals surface area contributed by atoms with Crippen LogP contribution in [0.1, 0.15) is 10.6 Å². The van der Waals surface area contributed by atoms with Gasteiger partial charge < -0.3 is 19.3 Å². The predicted molar refractivity (Wildman–Crippen MR) is 80.8 cm³/mol. The van der Waals surface area contributed by atoms with E-state index in [1.807, 2.05) is 0 Å². The van der Waals surface area contributed by atoms with Crippen molar-refractivity contribution in [3.63, 3.8) is 0 Å². The van der Waals surface area contributed by atoms with Crippen molar-refractivity contribution < 1.29 is 19.1 Å². The SMILES string of the molecule is O=C(CO)N1CCN(C(=O)c2cc3cc(Cl)ccc3o2)CC1. The zero-order valence-electron chi connectivity index (χ0n) is 11.8. The monoisotopic (exact) mass is 322 g/mol. The molecule has 0 spiro atoms. The van der Waals surface area contributed by atoms with Gasteiger partial charge in [0.05, 0.1) is 0 Å². The number of nitrogens with zero attached hydrogens (tertiary/aromatic N) is 2. The van der Waals surface area contributed by atoms with Crippen molar-refractivity contribution in [1.29, 1.82) is 0 Å². The van der Waals surface area contributed by atoms with E-state index in [0.29, 0.717) is 36.8 Å². The summed E-state index contributed by atoms with van der Waals surface area (Å²) in [7, 11) is 0. The molecule has 2 heterocycles. The molecule has 1 aromatic heterocycles. The van der Waals surface area contributed by atoms with Crippen molar-refractivity contribution in [3.8, 4) is 0 Å². The highest BCUT2D eigenvalue weighted by Gasteiger charge is 2.26. The first-order valence-corrected chi connectivity index (χ1v) is 7.33. The first-order chi connectivity index (χ1) is 10.6. The summed E-state index contributed by atoms with van der Waals surface area (Å²) >= 11 is 5.92. The molecule has 2 aromatic rings. The lowest BCUT2D eigenvalue weighted by molar-refractivity contribution is -0.135. The van der Waals surface area contributed by atoms with E-state index >= 15 is 0 Å². The molecule has 1 N–H and O–H groups in total. The second kappa shape index (κ2) is 5.98. The third kappa shape index (κ3) is 2.80. The Kier molecular flexibility index (Phi) is 4.04. The van der Waals surface area contributed by atoms with Crippen molar-refractivity contribution in [2.24, 2.45) is 0 Å². The van der Waals surface area contributed by atoms with Crippen LogP contribution in [0.25, 0.3) is 11.0 Å². The van der Waals surface area contributed by atoms with E-state index in [1.165, 1.54) is 0 Å². The number of benzene rings is 1. The first kappa shape index (κ1) is 14.9. The van der Waals surface area contributed by atoms with Crippen LogP contribution >= 0.6 is 11.6 Å². The van der Waals surface area contributed by atoms with Gasteiger partial charge in [-0.25, -0.2) is 0 Å². The lowest BCUT2D eigenvalue weighted by Crippen LogP contribution is -2.51. The molecule has 0 radical (unpaired) electrons. The van der Waals surface area contributed by atoms with Crippen molar-refractivity contribution >= 4 is 34.4 Å². The van der Waals surface area contributed by atoms with Crippen LogP contribution < -0.4 is 0 Å². The van der Waals surface area contributed by atoms with Crippen LogP contribution in [0.4, 0.5) is 0 Å². The first-order valence-electron chi connectivity index (χ1n) is 6.95. The van der Waals surface area contributed by atoms with Crippen LogP contribution in [0, 0.1) is 0 Å². The molecule has 1 aliphatic heterocycles. The molecule has 3 rings (SSSR count). The summed E-state index contributed by atoms with van der Waals surface area (Å²) in [4.78, 5) is 27.0. The Bertz CT molecular complexity index is 719. The Morgan fingerprint density at radius 2 is 1.82 bits per heavy atom. The average molecular weight is 323 g/mol. The molecule has 0 bridgehead atoms. The Morgan fingerprint density at radius 1 is 1.14 bits per heavy atom. The number of hydrogen-bond acceptors (Lipinski definition) is 4. The molecular weight excluding hydrogens is 308 g/mol. The van der Waals surface area contributed by atoms with E-state index in [1.54, 1.807) is 34.1 Å². The van der Waals surface area contributed by atoms with Gasteiger partial charge in [0.25, 0.3) is 5.91 Å². The number of aliphatic hydroxyl groups is 1. The van der Waals surface area contributed by atoms with Gasteiger partial charge in [0.2, 0.25) is 5.91 Å². The van der Waals surface area contributed by atoms with Gasteiger partial charge in [-0.1, -0.05) is 11.6 Å². The Hall–Kier alpha value is -2.05. The van der Waals surface area contributed by atoms with Gasteiger partial charge in [-0.3, -0.25) is 9.59 Å². The molecule has 6 nitrogen and oxygen atoms in total. The Labute approximate surface area is 131 Å². The molecule has 1 fully saturated rings. The van der Waals surface area contributed by atoms with E-state index in [-0.39, 0.29) is 17.6 Å². The number of furan rings is 1. The van der Waals surface area contributed by atoms with Crippen LogP contribution in [0.15, 0.2) is 28.7 Å². The molecule has 2 amide bonds. The lowest BCUT2D eigenvalue weighted by atomic mass is 10.2. The summed E-state index contributed by atoms with van der Waals surface area (Å²) in [6.07, 6.45) is 0. The quantitative estimate of drug-likeness (QED) is 0.906. The summed E-state index contributed by atoms with van der Waals surface area (Å²) in [6.45, 7) is 1.16. The van der Waals surface area contributed by atoms with Crippen molar-refractivity contribution in [2.45, 2.75) is 0 Å². The number of hydrogen-bond donors (Lipinski definition) is 1. The fourth-order valence-corrected chi connectivity index (χ4v) is 2.71. The minimum Gasteiger partial charge on any atom is -0.451 e. The summed E-state index contributed by atoms with van der Waals surface area (Å²) in [6, 6.07) is 6.86. The highest BCUT2D eigenvalue weighted by molar-refractivity contribution is 6.31. The Morgan fingerprint density at radius 3 is 2.50 bits per heavy atom. The molecule has 0 atom stereocenters. The van der Waals surface area contributed by atoms with E-state index in [2.05, 4.69) is 0 Å². The standard InChI is InChI=1S/C15H15ClN2O4/c16-11-1-2-12-10(7-11)8-13(22-12)15(21)18-5-3-17(4-6-18)14(20)9-19/h1-2,7-8,19H,3-6,9H2. The normalized spacial score (nSPS) is 15.4. The number of halogens is 1. The number of carbonyl (C=O) groups is 2. The fraction of sp³-hybridized carbons (Fsp3) is 0.333. The zero-order valence-corrected chi connectivity index (χ0v) is 12.5. The lowest BCUT2D eigenvalue weighted by Gasteiger charge is -2.33. The van der Waals surface area contributed by atoms with E-state index in [9.17, 15) is 9.59 Å². The van der Waals surface area contributed by atoms with E-state index in [4.69, 9.17) is 21.1 Å². The van der Waals surface area contributed by atoms with Crippen molar-refractivity contribution in [1.82, 2.24) is 9.80 Å². The molecule has 116 valence electrons. The number of fused-ring (bicyclic) bond motifs is 1. The molecule has 1 aliphatic rings. The molecule has 0 aliphatic carbocycles. The minimum absolute atomic E-state index is 0.205. The van der Waals surface area contributed by atoms with Gasteiger partial charge in [0, 0.05) is 36.6 Å². The molecule has 1 saturated heterocycles. The van der Waals surface area contributed by atoms with Crippen LogP contribution in [0.2, 0.25) is 5.02 Å². The number of carbonyl (C=O) groups excluding carboxylic acids is 2. The molecule has 22 heavy (non-hydrogen) atoms. The molecular formula is C15H15ClN2O4. The third-order valence-electron chi connectivity index (χ3n) is 3.74. The van der Waals surface area contributed by atoms with Gasteiger partial charge in [0.1, 0.15) is 12.2 Å². The molecule has 7 heteroatoms. The Balaban J connectivity index is 1.72. The minimum atomic E-state index is -0.502. The van der Waals surface area contributed by atoms with Crippen LogP contribution in [0.5, 0.6) is 0 Å². The largest absolute Gasteiger partial charge is 0.451 e. The maximum Gasteiger partial charge on any atom is 0.289 e. The fourth-order valence-electron chi connectivity index (χ4n) is 2.53. The summed E-state index contributed by atoms with van der Waals surface area (Å²) in [5.74, 6) is -0.256. The number of rotatable bonds is 2. The topological polar surface area (TPSA) is 74.0 Å². The molecule has 0 unspecified atom stereocenters. The van der Waals surface area contributed by atoms with Crippen molar-refractivity contribution in [2.75, 3.05) is 32.8 Å². The van der Waals surface area contributed by atoms with Gasteiger partial charge >= 0.3 is 0 Å². The summed E-state index contributed by atoms with van der Waals surface area (Å²) in [5.41, 5.74) is 0.613. The predicted octanol–water partition coefficient (Wildman–Crippen LogP) is 1.36. The third-order valence-corrected chi connectivity index (χ3v) is 3.98. The highest BCUT2D eigenvalue weighted by Crippen LogP contribution is 2.24. The average Bonchev–Trinajstić information content (AvgIpc) is 2.96. The second-order valence-corrected chi connectivity index (χ2v) is 5.56. The van der Waals surface area contributed by atoms with Crippen LogP contribution in [-0.4, -0.2) is 59.5 Å². The smallest absolute Gasteiger partial charge is 0.289 e. The van der Waals surface area contributed by atoms with Crippen LogP contribution in [-0.2, 0) is 4.79 Å². The maximum absolute atomic E-state index is 12.4. The van der Waals surface area contributed by atoms with Crippen molar-refractivity contribution in [3.05, 3.63) is 35.0 Å². The van der Waals surface area contributed by atoms with Gasteiger partial charge in [-0.2, -0.15) is 0 Å². The number of piperazine rings is 1. The van der Waals surface area contributed by atoms with Gasteiger partial charge in [0.15, 0.2) is 5.76 Å². The molecule has 1 aromatic carbocycles. The van der Waals surface area contributed by atoms with Gasteiger partial charge in [-0.15, -0.1) is 0 Å². The van der Waals surface area contributed by atoms with Crippen LogP contribution in [0.3, 0.4) is 0 Å². The summed E-state index contributed by atoms with van der Waals surface area (Å²) < 4.78 is 5.56. The zero-order chi connectivity index (χ0) is 15.7. The van der Waals surface area contributed by atoms with E-state index < -0.39 is 6.61 Å². The molecule has 0 saturated carbocycles.